The Morgan fingerprint density at radius 3 is 2.71 bits per heavy atom. The van der Waals surface area contributed by atoms with E-state index >= 15 is 0 Å². The van der Waals surface area contributed by atoms with E-state index in [-0.39, 0.29) is 35.1 Å². The number of carboxylic acid groups (broad SMARTS) is 1. The topological polar surface area (TPSA) is 62.2 Å². The maximum atomic E-state index is 11.0. The molecule has 0 amide bonds. The van der Waals surface area contributed by atoms with E-state index in [2.05, 4.69) is 20.9 Å². The summed E-state index contributed by atoms with van der Waals surface area (Å²) in [5.41, 5.74) is 0.501. The second-order valence-electron chi connectivity index (χ2n) is 4.27. The van der Waals surface area contributed by atoms with E-state index in [4.69, 9.17) is 4.74 Å². The molecule has 4 nitrogen and oxygen atoms in total. The number of carbonyl (C=O) groups is 1. The minimum atomic E-state index is -1.19. The second-order valence-corrected chi connectivity index (χ2v) is 4.73. The number of aromatic nitrogens is 1. The Hall–Kier alpha value is -1.14. The number of pyridine rings is 1. The fraction of sp³-hybridized carbons (Fsp3) is 0.0667. The summed E-state index contributed by atoms with van der Waals surface area (Å²) in [6.45, 7) is 0. The van der Waals surface area contributed by atoms with Gasteiger partial charge in [0, 0.05) is 23.2 Å². The van der Waals surface area contributed by atoms with E-state index in [1.807, 2.05) is 12.1 Å². The minimum Gasteiger partial charge on any atom is -0.545 e. The van der Waals surface area contributed by atoms with Gasteiger partial charge in [-0.05, 0) is 50.5 Å². The largest absolute Gasteiger partial charge is 1.00 e. The number of nitrogens with zero attached hydrogens (tertiary/aromatic N) is 1. The van der Waals surface area contributed by atoms with Gasteiger partial charge in [-0.25, -0.2) is 0 Å². The maximum Gasteiger partial charge on any atom is 1.00 e. The summed E-state index contributed by atoms with van der Waals surface area (Å²) in [6, 6.07) is 8.58. The predicted octanol–water partition coefficient (Wildman–Crippen LogP) is -0.513. The van der Waals surface area contributed by atoms with Crippen LogP contribution in [0.3, 0.4) is 0 Å². The standard InChI is InChI=1S/C15H10BrNO3.Na/c16-8-20-14-6-10-5-9(15(18)19)1-2-11(10)13-7-17-4-3-12(13)14;/h1-7H,8H2,(H,18,19);/q;+1/p-1. The molecule has 6 heteroatoms. The number of ether oxygens (including phenoxy) is 1. The third kappa shape index (κ3) is 3.06. The Bertz CT molecular complexity index is 822. The zero-order valence-corrected chi connectivity index (χ0v) is 14.9. The first-order valence-electron chi connectivity index (χ1n) is 5.91. The van der Waals surface area contributed by atoms with Crippen molar-refractivity contribution in [2.75, 3.05) is 5.52 Å². The summed E-state index contributed by atoms with van der Waals surface area (Å²) in [5, 5.41) is 14.5. The third-order valence-corrected chi connectivity index (χ3v) is 3.39. The molecule has 21 heavy (non-hydrogen) atoms. The molecule has 1 aromatic heterocycles. The molecule has 3 aromatic rings. The van der Waals surface area contributed by atoms with Gasteiger partial charge >= 0.3 is 29.6 Å². The normalized spacial score (nSPS) is 10.3. The van der Waals surface area contributed by atoms with Crippen LogP contribution in [0.25, 0.3) is 21.5 Å². The first kappa shape index (κ1) is 16.2. The van der Waals surface area contributed by atoms with Gasteiger partial charge in [0.15, 0.2) is 0 Å². The van der Waals surface area contributed by atoms with Crippen LogP contribution < -0.4 is 39.4 Å². The van der Waals surface area contributed by atoms with Crippen molar-refractivity contribution in [2.24, 2.45) is 0 Å². The van der Waals surface area contributed by atoms with E-state index in [9.17, 15) is 9.90 Å². The van der Waals surface area contributed by atoms with Crippen molar-refractivity contribution in [3.63, 3.8) is 0 Å². The van der Waals surface area contributed by atoms with Crippen LogP contribution in [-0.2, 0) is 0 Å². The number of carbonyl (C=O) groups excluding carboxylic acids is 1. The van der Waals surface area contributed by atoms with E-state index in [1.165, 1.54) is 6.07 Å². The molecular formula is C15H9BrNNaO3. The van der Waals surface area contributed by atoms with Gasteiger partial charge in [0.1, 0.15) is 11.3 Å². The fourth-order valence-electron chi connectivity index (χ4n) is 2.28. The number of halogens is 1. The number of hydrogen-bond acceptors (Lipinski definition) is 4. The molecule has 0 aliphatic carbocycles. The van der Waals surface area contributed by atoms with Gasteiger partial charge in [-0.2, -0.15) is 0 Å². The monoisotopic (exact) mass is 353 g/mol. The predicted molar refractivity (Wildman–Crippen MR) is 78.0 cm³/mol. The molecule has 0 atom stereocenters. The molecule has 0 bridgehead atoms. The van der Waals surface area contributed by atoms with E-state index in [1.54, 1.807) is 24.5 Å². The quantitative estimate of drug-likeness (QED) is 0.361. The van der Waals surface area contributed by atoms with Crippen molar-refractivity contribution in [1.29, 1.82) is 0 Å². The fourth-order valence-corrected chi connectivity index (χ4v) is 2.52. The molecule has 0 saturated carbocycles. The zero-order valence-electron chi connectivity index (χ0n) is 11.3. The van der Waals surface area contributed by atoms with Gasteiger partial charge in [0.2, 0.25) is 0 Å². The molecule has 0 fully saturated rings. The number of carboxylic acids is 1. The SMILES string of the molecule is O=C([O-])c1ccc2c(c1)cc(OCBr)c1ccncc12.[Na+]. The number of benzene rings is 2. The van der Waals surface area contributed by atoms with Gasteiger partial charge in [-0.1, -0.05) is 12.1 Å². The zero-order chi connectivity index (χ0) is 14.1. The smallest absolute Gasteiger partial charge is 0.545 e. The summed E-state index contributed by atoms with van der Waals surface area (Å²) in [4.78, 5) is 15.1. The molecule has 1 heterocycles. The molecule has 2 aromatic carbocycles. The van der Waals surface area contributed by atoms with Crippen molar-refractivity contribution in [3.05, 3.63) is 48.3 Å². The van der Waals surface area contributed by atoms with Crippen LogP contribution >= 0.6 is 15.9 Å². The number of alkyl halides is 1. The van der Waals surface area contributed by atoms with Crippen molar-refractivity contribution in [2.45, 2.75) is 0 Å². The summed E-state index contributed by atoms with van der Waals surface area (Å²) in [5.74, 6) is -0.511. The van der Waals surface area contributed by atoms with Gasteiger partial charge in [-0.15, -0.1) is 0 Å². The third-order valence-electron chi connectivity index (χ3n) is 3.16. The van der Waals surface area contributed by atoms with E-state index < -0.39 is 5.97 Å². The van der Waals surface area contributed by atoms with Crippen LogP contribution in [0.5, 0.6) is 5.75 Å². The average molecular weight is 354 g/mol. The number of hydrogen-bond donors (Lipinski definition) is 0. The Kier molecular flexibility index (Phi) is 5.22. The van der Waals surface area contributed by atoms with Crippen molar-refractivity contribution < 1.29 is 44.2 Å². The molecule has 0 aliphatic heterocycles. The molecular weight excluding hydrogens is 345 g/mol. The van der Waals surface area contributed by atoms with Crippen LogP contribution in [0.15, 0.2) is 42.7 Å². The molecule has 0 saturated heterocycles. The Morgan fingerprint density at radius 1 is 1.19 bits per heavy atom. The van der Waals surface area contributed by atoms with Crippen molar-refractivity contribution in [3.8, 4) is 5.75 Å². The van der Waals surface area contributed by atoms with Gasteiger partial charge < -0.3 is 14.6 Å². The second kappa shape index (κ2) is 6.75. The van der Waals surface area contributed by atoms with Gasteiger partial charge in [-0.3, -0.25) is 4.98 Å². The number of rotatable bonds is 3. The molecule has 0 radical (unpaired) electrons. The molecule has 0 N–H and O–H groups in total. The van der Waals surface area contributed by atoms with Crippen LogP contribution in [0, 0.1) is 0 Å². The summed E-state index contributed by atoms with van der Waals surface area (Å²) in [6.07, 6.45) is 3.45. The van der Waals surface area contributed by atoms with E-state index in [0.29, 0.717) is 11.3 Å². The molecule has 100 valence electrons. The van der Waals surface area contributed by atoms with Crippen LogP contribution in [0.4, 0.5) is 0 Å². The minimum absolute atomic E-state index is 0. The van der Waals surface area contributed by atoms with Crippen LogP contribution in [-0.4, -0.2) is 16.5 Å². The Labute approximate surface area is 151 Å². The van der Waals surface area contributed by atoms with Crippen molar-refractivity contribution >= 4 is 43.4 Å². The summed E-state index contributed by atoms with van der Waals surface area (Å²) in [7, 11) is 0. The van der Waals surface area contributed by atoms with Gasteiger partial charge in [0.05, 0.1) is 5.97 Å². The molecule has 0 aliphatic rings. The van der Waals surface area contributed by atoms with Crippen molar-refractivity contribution in [1.82, 2.24) is 4.98 Å². The average Bonchev–Trinajstić information content (AvgIpc) is 2.47. The molecule has 0 unspecified atom stereocenters. The van der Waals surface area contributed by atoms with Crippen LogP contribution in [0.2, 0.25) is 0 Å². The first-order chi connectivity index (χ1) is 9.70. The molecule has 0 spiro atoms. The first-order valence-corrected chi connectivity index (χ1v) is 7.03. The maximum absolute atomic E-state index is 11.0. The summed E-state index contributed by atoms with van der Waals surface area (Å²) < 4.78 is 5.55. The molecule has 3 rings (SSSR count). The number of aromatic carboxylic acids is 1. The Morgan fingerprint density at radius 2 is 2.00 bits per heavy atom. The van der Waals surface area contributed by atoms with Gasteiger partial charge in [0.25, 0.3) is 0 Å². The number of fused-ring (bicyclic) bond motifs is 3. The van der Waals surface area contributed by atoms with E-state index in [0.717, 1.165) is 21.5 Å². The summed E-state index contributed by atoms with van der Waals surface area (Å²) >= 11 is 3.23. The van der Waals surface area contributed by atoms with Crippen LogP contribution in [0.1, 0.15) is 10.4 Å². The Balaban J connectivity index is 0.00000161.